The van der Waals surface area contributed by atoms with Crippen LogP contribution < -0.4 is 0 Å². The molecule has 5 rings (SSSR count). The maximum atomic E-state index is 13.8. The van der Waals surface area contributed by atoms with E-state index in [1.165, 1.54) is 12.1 Å². The first kappa shape index (κ1) is 13.0. The highest BCUT2D eigenvalue weighted by Crippen LogP contribution is 2.36. The van der Waals surface area contributed by atoms with Gasteiger partial charge in [0, 0.05) is 33.6 Å². The predicted octanol–water partition coefficient (Wildman–Crippen LogP) is 2.04. The molecule has 5 nitrogen and oxygen atoms in total. The van der Waals surface area contributed by atoms with Gasteiger partial charge in [-0.15, -0.1) is 0 Å². The summed E-state index contributed by atoms with van der Waals surface area (Å²) in [4.78, 5) is 34.1. The fraction of sp³-hybridized carbons (Fsp3) is 0.353. The van der Waals surface area contributed by atoms with Crippen LogP contribution in [0, 0.1) is 11.7 Å². The number of aliphatic imine (C=N–C) groups is 1. The van der Waals surface area contributed by atoms with Crippen LogP contribution in [0.5, 0.6) is 0 Å². The second kappa shape index (κ2) is 4.28. The Morgan fingerprint density at radius 3 is 2.91 bits per heavy atom. The van der Waals surface area contributed by atoms with Crippen molar-refractivity contribution in [3.63, 3.8) is 0 Å². The van der Waals surface area contributed by atoms with Crippen molar-refractivity contribution in [2.45, 2.75) is 19.4 Å². The summed E-state index contributed by atoms with van der Waals surface area (Å²) < 4.78 is 13.8. The molecule has 3 heterocycles. The first-order valence-corrected chi connectivity index (χ1v) is 7.81. The van der Waals surface area contributed by atoms with E-state index in [0.29, 0.717) is 24.2 Å². The zero-order valence-corrected chi connectivity index (χ0v) is 12.4. The van der Waals surface area contributed by atoms with Crippen LogP contribution in [0.2, 0.25) is 0 Å². The molecule has 1 amide bonds. The molecule has 1 fully saturated rings. The maximum absolute atomic E-state index is 13.8. The lowest BCUT2D eigenvalue weighted by atomic mass is 9.97. The minimum absolute atomic E-state index is 0.00741. The SMILES string of the molecule is O=C1CN=C2CN(C(=O)C3CC3)Cc3[nH]c4cc(F)cc1c4c32. The van der Waals surface area contributed by atoms with E-state index in [-0.39, 0.29) is 24.2 Å². The highest BCUT2D eigenvalue weighted by Gasteiger charge is 2.38. The number of benzene rings is 1. The van der Waals surface area contributed by atoms with Crippen molar-refractivity contribution in [1.82, 2.24) is 9.88 Å². The van der Waals surface area contributed by atoms with E-state index in [4.69, 9.17) is 0 Å². The number of hydrogen-bond donors (Lipinski definition) is 1. The van der Waals surface area contributed by atoms with Crippen LogP contribution in [0.25, 0.3) is 10.9 Å². The molecule has 6 heteroatoms. The van der Waals surface area contributed by atoms with Gasteiger partial charge in [-0.05, 0) is 25.0 Å². The molecule has 2 aromatic rings. The van der Waals surface area contributed by atoms with Gasteiger partial charge in [-0.3, -0.25) is 14.6 Å². The molecule has 3 aliphatic rings. The fourth-order valence-electron chi connectivity index (χ4n) is 3.64. The molecule has 2 aliphatic heterocycles. The van der Waals surface area contributed by atoms with Gasteiger partial charge in [-0.2, -0.15) is 0 Å². The lowest BCUT2D eigenvalue weighted by molar-refractivity contribution is -0.132. The van der Waals surface area contributed by atoms with Crippen LogP contribution in [0.3, 0.4) is 0 Å². The summed E-state index contributed by atoms with van der Waals surface area (Å²) in [5.74, 6) is -0.326. The monoisotopic (exact) mass is 311 g/mol. The number of Topliss-reactive ketones (excluding diaryl/α,β-unsaturated/α-hetero) is 1. The Morgan fingerprint density at radius 1 is 1.30 bits per heavy atom. The number of aromatic amines is 1. The third kappa shape index (κ3) is 1.81. The van der Waals surface area contributed by atoms with E-state index >= 15 is 0 Å². The smallest absolute Gasteiger partial charge is 0.226 e. The summed E-state index contributed by atoms with van der Waals surface area (Å²) in [5.41, 5.74) is 3.48. The maximum Gasteiger partial charge on any atom is 0.226 e. The number of carbonyl (C=O) groups is 2. The van der Waals surface area contributed by atoms with E-state index in [2.05, 4.69) is 9.98 Å². The third-order valence-corrected chi connectivity index (χ3v) is 4.87. The van der Waals surface area contributed by atoms with Gasteiger partial charge in [0.2, 0.25) is 5.91 Å². The van der Waals surface area contributed by atoms with E-state index < -0.39 is 5.82 Å². The third-order valence-electron chi connectivity index (χ3n) is 4.87. The number of aromatic nitrogens is 1. The molecule has 0 bridgehead atoms. The highest BCUT2D eigenvalue weighted by molar-refractivity contribution is 6.22. The summed E-state index contributed by atoms with van der Waals surface area (Å²) in [6.07, 6.45) is 1.91. The van der Waals surface area contributed by atoms with Gasteiger partial charge in [0.05, 0.1) is 18.8 Å². The highest BCUT2D eigenvalue weighted by atomic mass is 19.1. The van der Waals surface area contributed by atoms with Crippen LogP contribution >= 0.6 is 0 Å². The average Bonchev–Trinajstić information content (AvgIpc) is 3.31. The number of carbonyl (C=O) groups excluding carboxylic acids is 2. The molecule has 23 heavy (non-hydrogen) atoms. The number of nitrogens with zero attached hydrogens (tertiary/aromatic N) is 2. The summed E-state index contributed by atoms with van der Waals surface area (Å²) >= 11 is 0. The summed E-state index contributed by atoms with van der Waals surface area (Å²) in [6, 6.07) is 2.69. The summed E-state index contributed by atoms with van der Waals surface area (Å²) in [6.45, 7) is 0.903. The first-order chi connectivity index (χ1) is 11.1. The van der Waals surface area contributed by atoms with E-state index in [1.807, 2.05) is 0 Å². The zero-order valence-electron chi connectivity index (χ0n) is 12.4. The topological polar surface area (TPSA) is 65.5 Å². The molecular weight excluding hydrogens is 297 g/mol. The van der Waals surface area contributed by atoms with Crippen molar-refractivity contribution in [2.75, 3.05) is 13.1 Å². The van der Waals surface area contributed by atoms with Crippen LogP contribution in [0.1, 0.15) is 34.5 Å². The van der Waals surface area contributed by atoms with E-state index in [9.17, 15) is 14.0 Å². The van der Waals surface area contributed by atoms with Gasteiger partial charge < -0.3 is 9.88 Å². The van der Waals surface area contributed by atoms with Crippen molar-refractivity contribution in [3.8, 4) is 0 Å². The zero-order chi connectivity index (χ0) is 15.7. The summed E-state index contributed by atoms with van der Waals surface area (Å²) in [5, 5.41) is 0.751. The minimum atomic E-state index is -0.436. The largest absolute Gasteiger partial charge is 0.356 e. The van der Waals surface area contributed by atoms with E-state index in [0.717, 1.165) is 35.2 Å². The lowest BCUT2D eigenvalue weighted by Crippen LogP contribution is -2.40. The number of halogens is 1. The number of ketones is 1. The molecule has 116 valence electrons. The van der Waals surface area contributed by atoms with Crippen LogP contribution in [-0.2, 0) is 11.3 Å². The molecule has 1 aromatic carbocycles. The molecule has 0 unspecified atom stereocenters. The first-order valence-electron chi connectivity index (χ1n) is 7.81. The Bertz CT molecular complexity index is 924. The Hall–Kier alpha value is -2.50. The van der Waals surface area contributed by atoms with Crippen molar-refractivity contribution >= 4 is 28.3 Å². The molecule has 1 saturated carbocycles. The number of nitrogens with one attached hydrogen (secondary N) is 1. The van der Waals surface area contributed by atoms with Crippen molar-refractivity contribution < 1.29 is 14.0 Å². The molecule has 0 atom stereocenters. The Labute approximate surface area is 131 Å². The van der Waals surface area contributed by atoms with Gasteiger partial charge >= 0.3 is 0 Å². The molecule has 1 aromatic heterocycles. The average molecular weight is 311 g/mol. The standard InChI is InChI=1S/C17H14FN3O2/c18-9-3-10-14(22)5-19-12-6-21(17(23)8-1-2-8)7-13-16(12)15(10)11(4-9)20-13/h3-4,8,20H,1-2,5-7H2. The Kier molecular flexibility index (Phi) is 2.42. The van der Waals surface area contributed by atoms with Crippen molar-refractivity contribution in [3.05, 3.63) is 34.8 Å². The quantitative estimate of drug-likeness (QED) is 0.876. The molecule has 0 spiro atoms. The molecular formula is C17H14FN3O2. The van der Waals surface area contributed by atoms with Crippen molar-refractivity contribution in [2.24, 2.45) is 10.9 Å². The van der Waals surface area contributed by atoms with E-state index in [1.54, 1.807) is 4.90 Å². The Balaban J connectivity index is 1.73. The number of amides is 1. The van der Waals surface area contributed by atoms with Gasteiger partial charge in [-0.1, -0.05) is 0 Å². The van der Waals surface area contributed by atoms with Gasteiger partial charge in [-0.25, -0.2) is 4.39 Å². The number of rotatable bonds is 1. The fourth-order valence-corrected chi connectivity index (χ4v) is 3.64. The second-order valence-corrected chi connectivity index (χ2v) is 6.51. The molecule has 1 N–H and O–H groups in total. The Morgan fingerprint density at radius 2 is 2.13 bits per heavy atom. The number of H-pyrrole nitrogens is 1. The van der Waals surface area contributed by atoms with Gasteiger partial charge in [0.25, 0.3) is 0 Å². The predicted molar refractivity (Wildman–Crippen MR) is 82.1 cm³/mol. The van der Waals surface area contributed by atoms with Crippen LogP contribution in [0.15, 0.2) is 17.1 Å². The van der Waals surface area contributed by atoms with Crippen LogP contribution in [0.4, 0.5) is 4.39 Å². The molecule has 0 radical (unpaired) electrons. The lowest BCUT2D eigenvalue weighted by Gasteiger charge is -2.28. The molecule has 0 saturated heterocycles. The number of hydrogen-bond acceptors (Lipinski definition) is 3. The van der Waals surface area contributed by atoms with Crippen molar-refractivity contribution in [1.29, 1.82) is 0 Å². The van der Waals surface area contributed by atoms with Gasteiger partial charge in [0.1, 0.15) is 12.4 Å². The minimum Gasteiger partial charge on any atom is -0.356 e. The molecule has 1 aliphatic carbocycles. The van der Waals surface area contributed by atoms with Gasteiger partial charge in [0.15, 0.2) is 5.78 Å². The second-order valence-electron chi connectivity index (χ2n) is 6.51. The normalized spacial score (nSPS) is 19.8. The van der Waals surface area contributed by atoms with Crippen LogP contribution in [-0.4, -0.2) is 40.4 Å². The summed E-state index contributed by atoms with van der Waals surface area (Å²) in [7, 11) is 0.